The van der Waals surface area contributed by atoms with E-state index >= 15 is 0 Å². The van der Waals surface area contributed by atoms with Gasteiger partial charge in [-0.2, -0.15) is 0 Å². The van der Waals surface area contributed by atoms with Crippen LogP contribution in [0.25, 0.3) is 0 Å². The van der Waals surface area contributed by atoms with Gasteiger partial charge < -0.3 is 9.88 Å². The molecular formula is C18H28Cl2N6S. The van der Waals surface area contributed by atoms with Crippen molar-refractivity contribution in [2.24, 2.45) is 12.5 Å². The second kappa shape index (κ2) is 8.33. The molecule has 2 aliphatic carbocycles. The van der Waals surface area contributed by atoms with E-state index in [1.165, 1.54) is 42.9 Å². The number of nitrogens with zero attached hydrogens (tertiary/aromatic N) is 5. The molecule has 3 heterocycles. The molecule has 1 saturated heterocycles. The van der Waals surface area contributed by atoms with Crippen LogP contribution in [0.5, 0.6) is 0 Å². The minimum atomic E-state index is 0. The van der Waals surface area contributed by atoms with Crippen molar-refractivity contribution in [3.8, 4) is 0 Å². The van der Waals surface area contributed by atoms with Crippen molar-refractivity contribution in [3.63, 3.8) is 0 Å². The maximum Gasteiger partial charge on any atom is 0.146 e. The molecule has 1 N–H and O–H groups in total. The van der Waals surface area contributed by atoms with Gasteiger partial charge in [0, 0.05) is 30.6 Å². The lowest BCUT2D eigenvalue weighted by Gasteiger charge is -2.28. The highest BCUT2D eigenvalue weighted by atomic mass is 35.5. The van der Waals surface area contributed by atoms with Gasteiger partial charge in [0.1, 0.15) is 16.7 Å². The molecule has 3 aliphatic rings. The van der Waals surface area contributed by atoms with Crippen molar-refractivity contribution in [2.45, 2.75) is 57.2 Å². The largest absolute Gasteiger partial charge is 0.317 e. The van der Waals surface area contributed by atoms with Crippen molar-refractivity contribution in [2.75, 3.05) is 13.1 Å². The first-order chi connectivity index (χ1) is 12.3. The maximum atomic E-state index is 4.53. The van der Waals surface area contributed by atoms with Crippen LogP contribution in [0, 0.1) is 5.41 Å². The minimum Gasteiger partial charge on any atom is -0.317 e. The molecule has 1 unspecified atom stereocenters. The Morgan fingerprint density at radius 3 is 2.67 bits per heavy atom. The summed E-state index contributed by atoms with van der Waals surface area (Å²) in [6.07, 6.45) is 8.39. The summed E-state index contributed by atoms with van der Waals surface area (Å²) in [5.41, 5.74) is 0.528. The Balaban J connectivity index is 0.00000105. The topological polar surface area (TPSA) is 58.9 Å². The van der Waals surface area contributed by atoms with Crippen molar-refractivity contribution in [1.82, 2.24) is 30.0 Å². The summed E-state index contributed by atoms with van der Waals surface area (Å²) in [6, 6.07) is 0.666. The van der Waals surface area contributed by atoms with E-state index in [4.69, 9.17) is 0 Å². The molecule has 1 aliphatic heterocycles. The smallest absolute Gasteiger partial charge is 0.146 e. The van der Waals surface area contributed by atoms with Crippen molar-refractivity contribution < 1.29 is 0 Å². The number of thiazole rings is 1. The van der Waals surface area contributed by atoms with E-state index < -0.39 is 0 Å². The third kappa shape index (κ3) is 4.17. The maximum absolute atomic E-state index is 4.53. The monoisotopic (exact) mass is 430 g/mol. The van der Waals surface area contributed by atoms with Crippen molar-refractivity contribution in [1.29, 1.82) is 0 Å². The molecule has 5 rings (SSSR count). The highest BCUT2D eigenvalue weighted by Gasteiger charge is 2.56. The van der Waals surface area contributed by atoms with Crippen LogP contribution in [0.1, 0.15) is 54.7 Å². The summed E-state index contributed by atoms with van der Waals surface area (Å²) in [5.74, 6) is 2.93. The van der Waals surface area contributed by atoms with Gasteiger partial charge in [0.25, 0.3) is 0 Å². The number of hydrogen-bond acceptors (Lipinski definition) is 6. The first kappa shape index (κ1) is 21.0. The number of halogens is 2. The minimum absolute atomic E-state index is 0. The molecule has 27 heavy (non-hydrogen) atoms. The van der Waals surface area contributed by atoms with Gasteiger partial charge in [0.2, 0.25) is 0 Å². The summed E-state index contributed by atoms with van der Waals surface area (Å²) in [7, 11) is 2.14. The van der Waals surface area contributed by atoms with E-state index in [0.717, 1.165) is 32.0 Å². The zero-order valence-corrected chi connectivity index (χ0v) is 18.1. The molecule has 2 saturated carbocycles. The van der Waals surface area contributed by atoms with Crippen molar-refractivity contribution >= 4 is 36.2 Å². The molecule has 0 aromatic carbocycles. The molecule has 150 valence electrons. The van der Waals surface area contributed by atoms with E-state index in [1.807, 2.05) is 6.20 Å². The SMILES string of the molecule is Cl.Cl.Cn1c(CN(Cc2nccs2)C2CC23CCNCC3)nnc1C1CC1. The third-order valence-electron chi connectivity index (χ3n) is 6.29. The van der Waals surface area contributed by atoms with Crippen LogP contribution in [-0.2, 0) is 20.1 Å². The number of rotatable bonds is 6. The first-order valence-corrected chi connectivity index (χ1v) is 10.3. The molecule has 3 fully saturated rings. The Labute approximate surface area is 177 Å². The van der Waals surface area contributed by atoms with E-state index in [0.29, 0.717) is 17.4 Å². The quantitative estimate of drug-likeness (QED) is 0.762. The van der Waals surface area contributed by atoms with Crippen molar-refractivity contribution in [3.05, 3.63) is 28.2 Å². The predicted molar refractivity (Wildman–Crippen MR) is 112 cm³/mol. The van der Waals surface area contributed by atoms with Crippen LogP contribution in [0.2, 0.25) is 0 Å². The van der Waals surface area contributed by atoms with Gasteiger partial charge in [-0.05, 0) is 50.6 Å². The fourth-order valence-electron chi connectivity index (χ4n) is 4.48. The number of nitrogens with one attached hydrogen (secondary N) is 1. The number of hydrogen-bond donors (Lipinski definition) is 1. The Hall–Kier alpha value is -0.730. The van der Waals surface area contributed by atoms with Crippen LogP contribution >= 0.6 is 36.2 Å². The van der Waals surface area contributed by atoms with E-state index in [9.17, 15) is 0 Å². The molecule has 2 aromatic heterocycles. The Morgan fingerprint density at radius 2 is 2.00 bits per heavy atom. The van der Waals surface area contributed by atoms with Gasteiger partial charge in [-0.25, -0.2) is 4.98 Å². The molecule has 1 spiro atoms. The average molecular weight is 431 g/mol. The van der Waals surface area contributed by atoms with Gasteiger partial charge in [-0.1, -0.05) is 0 Å². The Morgan fingerprint density at radius 1 is 1.22 bits per heavy atom. The fraction of sp³-hybridized carbons (Fsp3) is 0.722. The summed E-state index contributed by atoms with van der Waals surface area (Å²) < 4.78 is 2.24. The van der Waals surface area contributed by atoms with E-state index in [2.05, 4.69) is 42.4 Å². The van der Waals surface area contributed by atoms with Crippen LogP contribution in [-0.4, -0.2) is 43.8 Å². The lowest BCUT2D eigenvalue weighted by Crippen LogP contribution is -2.36. The van der Waals surface area contributed by atoms with Crippen LogP contribution < -0.4 is 5.32 Å². The average Bonchev–Trinajstić information content (AvgIpc) is 3.49. The molecule has 0 radical (unpaired) electrons. The normalized spacial score (nSPS) is 23.1. The summed E-state index contributed by atoms with van der Waals surface area (Å²) in [4.78, 5) is 7.14. The van der Waals surface area contributed by atoms with Gasteiger partial charge in [-0.3, -0.25) is 4.90 Å². The third-order valence-corrected chi connectivity index (χ3v) is 7.06. The Kier molecular flexibility index (Phi) is 6.48. The molecule has 0 amide bonds. The molecule has 0 bridgehead atoms. The molecule has 6 nitrogen and oxygen atoms in total. The number of piperidine rings is 1. The van der Waals surface area contributed by atoms with Gasteiger partial charge in [0.15, 0.2) is 0 Å². The fourth-order valence-corrected chi connectivity index (χ4v) is 5.12. The lowest BCUT2D eigenvalue weighted by molar-refractivity contribution is 0.182. The number of aromatic nitrogens is 4. The summed E-state index contributed by atoms with van der Waals surface area (Å²) >= 11 is 1.76. The van der Waals surface area contributed by atoms with Crippen LogP contribution in [0.4, 0.5) is 0 Å². The molecular weight excluding hydrogens is 403 g/mol. The molecule has 2 aromatic rings. The zero-order valence-electron chi connectivity index (χ0n) is 15.6. The van der Waals surface area contributed by atoms with Crippen LogP contribution in [0.3, 0.4) is 0 Å². The standard InChI is InChI=1S/C18H26N6S.2ClH/c1-23-15(21-22-17(23)13-2-3-13)11-24(12-16-20-8-9-25-16)14-10-18(14)4-6-19-7-5-18;;/h8-9,13-14,19H,2-7,10-12H2,1H3;2*1H. The predicted octanol–water partition coefficient (Wildman–Crippen LogP) is 3.14. The molecule has 1 atom stereocenters. The second-order valence-electron chi connectivity index (χ2n) is 7.97. The van der Waals surface area contributed by atoms with Crippen LogP contribution in [0.15, 0.2) is 11.6 Å². The summed E-state index contributed by atoms with van der Waals surface area (Å²) in [6.45, 7) is 4.15. The Bertz CT molecular complexity index is 739. The lowest BCUT2D eigenvalue weighted by atomic mass is 9.93. The van der Waals surface area contributed by atoms with E-state index in [1.54, 1.807) is 11.3 Å². The first-order valence-electron chi connectivity index (χ1n) is 9.46. The zero-order chi connectivity index (χ0) is 16.9. The highest BCUT2D eigenvalue weighted by molar-refractivity contribution is 7.09. The highest BCUT2D eigenvalue weighted by Crippen LogP contribution is 2.56. The van der Waals surface area contributed by atoms with Gasteiger partial charge in [-0.15, -0.1) is 46.3 Å². The summed E-state index contributed by atoms with van der Waals surface area (Å²) in [5, 5.41) is 15.8. The molecule has 9 heteroatoms. The van der Waals surface area contributed by atoms with E-state index in [-0.39, 0.29) is 24.8 Å². The second-order valence-corrected chi connectivity index (χ2v) is 8.95. The van der Waals surface area contributed by atoms with Gasteiger partial charge in [0.05, 0.1) is 13.1 Å². The van der Waals surface area contributed by atoms with Gasteiger partial charge >= 0.3 is 0 Å².